The zero-order chi connectivity index (χ0) is 28.9. The number of rotatable bonds is 12. The summed E-state index contributed by atoms with van der Waals surface area (Å²) in [5, 5.41) is 1.43. The average molecular weight is 566 g/mol. The smallest absolute Gasteiger partial charge is 0.404 e. The van der Waals surface area contributed by atoms with Crippen LogP contribution in [0.4, 0.5) is 4.79 Å². The topological polar surface area (TPSA) is 149 Å². The van der Waals surface area contributed by atoms with Crippen molar-refractivity contribution in [1.29, 1.82) is 0 Å². The summed E-state index contributed by atoms with van der Waals surface area (Å²) in [6.45, 7) is 2.62. The van der Waals surface area contributed by atoms with Crippen LogP contribution in [0.15, 0.2) is 82.1 Å². The first kappa shape index (κ1) is 28.8. The number of benzene rings is 3. The highest BCUT2D eigenvalue weighted by Gasteiger charge is 2.33. The monoisotopic (exact) mass is 565 g/mol. The third-order valence-corrected chi connectivity index (χ3v) is 7.94. The average Bonchev–Trinajstić information content (AvgIpc) is 3.29. The lowest BCUT2D eigenvalue weighted by Crippen LogP contribution is -2.45. The Morgan fingerprint density at radius 1 is 0.950 bits per heavy atom. The van der Waals surface area contributed by atoms with E-state index in [-0.39, 0.29) is 36.9 Å². The van der Waals surface area contributed by atoms with Crippen molar-refractivity contribution in [3.63, 3.8) is 0 Å². The van der Waals surface area contributed by atoms with E-state index in [0.717, 1.165) is 10.9 Å². The van der Waals surface area contributed by atoms with Crippen molar-refractivity contribution in [2.45, 2.75) is 31.7 Å². The van der Waals surface area contributed by atoms with Crippen molar-refractivity contribution in [3.8, 4) is 0 Å². The Balaban J connectivity index is 1.47. The number of carbonyl (C=O) groups is 3. The van der Waals surface area contributed by atoms with Crippen LogP contribution in [0.25, 0.3) is 21.9 Å². The summed E-state index contributed by atoms with van der Waals surface area (Å²) in [5.74, 6) is -0.843. The normalized spacial score (nSPS) is 11.9. The number of Topliss-reactive ketones (excluding diaryl/α,β-unsaturated/α-hetero) is 1. The predicted octanol–water partition coefficient (Wildman–Crippen LogP) is 3.97. The number of nitrogens with two attached hydrogens (primary N) is 1. The second kappa shape index (κ2) is 11.9. The summed E-state index contributed by atoms with van der Waals surface area (Å²) in [6, 6.07) is 20.9. The Kier molecular flexibility index (Phi) is 8.55. The number of primary amides is 1. The molecule has 4 rings (SSSR count). The maximum atomic E-state index is 13.5. The van der Waals surface area contributed by atoms with Crippen molar-refractivity contribution < 1.29 is 32.0 Å². The van der Waals surface area contributed by atoms with E-state index in [1.807, 2.05) is 48.5 Å². The number of nitrogens with zero attached hydrogens (tertiary/aromatic N) is 1. The fraction of sp³-hybridized carbons (Fsp3) is 0.276. The Labute approximate surface area is 232 Å². The standard InChI is InChI=1S/C29H31N3O7S/c1-29(2,14-15-38-28(30)35)27(34)32(18-20-8-4-3-5-9-20)19-21(33)17-31-40(36,37)22-12-13-26-24(16-22)23-10-6-7-11-25(23)39-26/h3-13,16,31H,14-15,17-19H2,1-2H3,(H2,30,35). The van der Waals surface area contributed by atoms with Gasteiger partial charge in [0.2, 0.25) is 15.9 Å². The third-order valence-electron chi connectivity index (χ3n) is 6.54. The van der Waals surface area contributed by atoms with Gasteiger partial charge in [-0.1, -0.05) is 62.4 Å². The van der Waals surface area contributed by atoms with Gasteiger partial charge in [-0.05, 0) is 36.2 Å². The molecule has 0 saturated carbocycles. The van der Waals surface area contributed by atoms with Crippen LogP contribution in [0, 0.1) is 5.41 Å². The molecule has 10 nitrogen and oxygen atoms in total. The molecule has 4 aromatic rings. The molecule has 0 aliphatic rings. The minimum Gasteiger partial charge on any atom is -0.456 e. The molecule has 11 heteroatoms. The molecular formula is C29H31N3O7S. The molecule has 0 spiro atoms. The van der Waals surface area contributed by atoms with Gasteiger partial charge < -0.3 is 19.8 Å². The first-order valence-electron chi connectivity index (χ1n) is 12.6. The van der Waals surface area contributed by atoms with Gasteiger partial charge in [0, 0.05) is 22.7 Å². The maximum absolute atomic E-state index is 13.5. The quantitative estimate of drug-likeness (QED) is 0.264. The molecular weight excluding hydrogens is 534 g/mol. The highest BCUT2D eigenvalue weighted by Crippen LogP contribution is 2.30. The zero-order valence-electron chi connectivity index (χ0n) is 22.3. The molecule has 3 aromatic carbocycles. The molecule has 1 heterocycles. The van der Waals surface area contributed by atoms with Gasteiger partial charge in [-0.25, -0.2) is 17.9 Å². The van der Waals surface area contributed by atoms with Crippen LogP contribution in [0.3, 0.4) is 0 Å². The van der Waals surface area contributed by atoms with E-state index in [4.69, 9.17) is 14.9 Å². The number of furan rings is 1. The number of amides is 2. The number of para-hydroxylation sites is 1. The van der Waals surface area contributed by atoms with E-state index < -0.39 is 33.9 Å². The lowest BCUT2D eigenvalue weighted by molar-refractivity contribution is -0.144. The van der Waals surface area contributed by atoms with Gasteiger partial charge in [0.25, 0.3) is 0 Å². The van der Waals surface area contributed by atoms with Crippen LogP contribution in [0.1, 0.15) is 25.8 Å². The SMILES string of the molecule is CC(C)(CCOC(N)=O)C(=O)N(CC(=O)CNS(=O)(=O)c1ccc2oc3ccccc3c2c1)Cc1ccccc1. The van der Waals surface area contributed by atoms with Gasteiger partial charge in [0.05, 0.1) is 24.6 Å². The number of nitrogens with one attached hydrogen (secondary N) is 1. The first-order chi connectivity index (χ1) is 19.0. The Bertz CT molecular complexity index is 1650. The fourth-order valence-corrected chi connectivity index (χ4v) is 5.38. The fourth-order valence-electron chi connectivity index (χ4n) is 4.35. The van der Waals surface area contributed by atoms with Crippen LogP contribution >= 0.6 is 0 Å². The van der Waals surface area contributed by atoms with Gasteiger partial charge >= 0.3 is 6.09 Å². The van der Waals surface area contributed by atoms with Crippen molar-refractivity contribution in [3.05, 3.63) is 78.4 Å². The van der Waals surface area contributed by atoms with E-state index in [1.54, 1.807) is 26.0 Å². The number of carbonyl (C=O) groups excluding carboxylic acids is 3. The van der Waals surface area contributed by atoms with Crippen LogP contribution in [0.2, 0.25) is 0 Å². The van der Waals surface area contributed by atoms with Crippen molar-refractivity contribution in [2.75, 3.05) is 19.7 Å². The maximum Gasteiger partial charge on any atom is 0.404 e. The van der Waals surface area contributed by atoms with Crippen molar-refractivity contribution >= 4 is 49.7 Å². The van der Waals surface area contributed by atoms with Crippen LogP contribution in [0.5, 0.6) is 0 Å². The van der Waals surface area contributed by atoms with Crippen molar-refractivity contribution in [1.82, 2.24) is 9.62 Å². The van der Waals surface area contributed by atoms with Gasteiger partial charge in [-0.2, -0.15) is 0 Å². The van der Waals surface area contributed by atoms with E-state index >= 15 is 0 Å². The van der Waals surface area contributed by atoms with Crippen LogP contribution in [-0.4, -0.2) is 50.8 Å². The summed E-state index contributed by atoms with van der Waals surface area (Å²) in [7, 11) is -4.03. The number of hydrogen-bond donors (Lipinski definition) is 2. The first-order valence-corrected chi connectivity index (χ1v) is 14.1. The Morgan fingerprint density at radius 2 is 1.62 bits per heavy atom. The highest BCUT2D eigenvalue weighted by molar-refractivity contribution is 7.89. The molecule has 3 N–H and O–H groups in total. The number of hydrogen-bond acceptors (Lipinski definition) is 7. The van der Waals surface area contributed by atoms with Gasteiger partial charge in [0.1, 0.15) is 11.2 Å². The molecule has 0 radical (unpaired) electrons. The Hall–Kier alpha value is -4.22. The van der Waals surface area contributed by atoms with Crippen LogP contribution in [-0.2, 0) is 30.9 Å². The molecule has 0 aliphatic heterocycles. The molecule has 0 bridgehead atoms. The van der Waals surface area contributed by atoms with E-state index in [0.29, 0.717) is 16.6 Å². The lowest BCUT2D eigenvalue weighted by Gasteiger charge is -2.31. The van der Waals surface area contributed by atoms with E-state index in [1.165, 1.54) is 17.0 Å². The molecule has 2 amide bonds. The Morgan fingerprint density at radius 3 is 2.35 bits per heavy atom. The number of ketones is 1. The molecule has 0 atom stereocenters. The molecule has 0 aliphatic carbocycles. The largest absolute Gasteiger partial charge is 0.456 e. The lowest BCUT2D eigenvalue weighted by atomic mass is 9.87. The number of fused-ring (bicyclic) bond motifs is 3. The summed E-state index contributed by atoms with van der Waals surface area (Å²) >= 11 is 0. The summed E-state index contributed by atoms with van der Waals surface area (Å²) < 4.78 is 39.0. The highest BCUT2D eigenvalue weighted by atomic mass is 32.2. The van der Waals surface area contributed by atoms with Gasteiger partial charge in [-0.15, -0.1) is 0 Å². The van der Waals surface area contributed by atoms with Gasteiger partial charge in [0.15, 0.2) is 5.78 Å². The molecule has 0 unspecified atom stereocenters. The van der Waals surface area contributed by atoms with Crippen molar-refractivity contribution in [2.24, 2.45) is 11.1 Å². The molecule has 210 valence electrons. The van der Waals surface area contributed by atoms with Gasteiger partial charge in [-0.3, -0.25) is 9.59 Å². The summed E-state index contributed by atoms with van der Waals surface area (Å²) in [6.07, 6.45) is -0.751. The molecule has 40 heavy (non-hydrogen) atoms. The zero-order valence-corrected chi connectivity index (χ0v) is 23.1. The number of sulfonamides is 1. The van der Waals surface area contributed by atoms with E-state index in [2.05, 4.69) is 4.72 Å². The number of ether oxygens (including phenoxy) is 1. The molecule has 0 fully saturated rings. The molecule has 0 saturated heterocycles. The summed E-state index contributed by atoms with van der Waals surface area (Å²) in [5.41, 5.74) is 6.03. The predicted molar refractivity (Wildman–Crippen MR) is 150 cm³/mol. The minimum absolute atomic E-state index is 0.00726. The van der Waals surface area contributed by atoms with Crippen LogP contribution < -0.4 is 10.5 Å². The second-order valence-electron chi connectivity index (χ2n) is 10.1. The third kappa shape index (κ3) is 6.85. The second-order valence-corrected chi connectivity index (χ2v) is 11.8. The minimum atomic E-state index is -4.03. The summed E-state index contributed by atoms with van der Waals surface area (Å²) in [4.78, 5) is 38.8. The van der Waals surface area contributed by atoms with E-state index in [9.17, 15) is 22.8 Å². The molecule has 1 aromatic heterocycles.